The van der Waals surface area contributed by atoms with Gasteiger partial charge in [-0.1, -0.05) is 11.6 Å². The maximum atomic E-state index is 12.2. The van der Waals surface area contributed by atoms with Gasteiger partial charge in [0.25, 0.3) is 0 Å². The van der Waals surface area contributed by atoms with Gasteiger partial charge in [-0.05, 0) is 40.2 Å². The van der Waals surface area contributed by atoms with Crippen molar-refractivity contribution in [1.29, 1.82) is 0 Å². The summed E-state index contributed by atoms with van der Waals surface area (Å²) >= 11 is 10.5. The molecule has 94 valence electrons. The molecule has 0 aliphatic heterocycles. The molecule has 0 saturated carbocycles. The number of thiophene rings is 1. The van der Waals surface area contributed by atoms with E-state index in [1.807, 2.05) is 0 Å². The van der Waals surface area contributed by atoms with Gasteiger partial charge in [-0.2, -0.15) is 0 Å². The van der Waals surface area contributed by atoms with Gasteiger partial charge in [-0.25, -0.2) is 0 Å². The second kappa shape index (κ2) is 5.30. The second-order valence-electron chi connectivity index (χ2n) is 3.52. The molecule has 0 bridgehead atoms. The van der Waals surface area contributed by atoms with E-state index in [0.717, 1.165) is 3.79 Å². The third-order valence-corrected chi connectivity index (χ3v) is 4.84. The van der Waals surface area contributed by atoms with Crippen molar-refractivity contribution in [2.24, 2.45) is 0 Å². The second-order valence-corrected chi connectivity index (χ2v) is 6.30. The molecule has 1 heterocycles. The summed E-state index contributed by atoms with van der Waals surface area (Å²) in [5, 5.41) is 0.533. The van der Waals surface area contributed by atoms with Crippen molar-refractivity contribution in [3.05, 3.63) is 43.5 Å². The Morgan fingerprint density at radius 2 is 2.17 bits per heavy atom. The number of halogens is 2. The zero-order valence-corrected chi connectivity index (χ0v) is 12.5. The minimum absolute atomic E-state index is 0.106. The molecule has 1 aromatic heterocycles. The quantitative estimate of drug-likeness (QED) is 0.675. The van der Waals surface area contributed by atoms with Gasteiger partial charge in [0.1, 0.15) is 5.75 Å². The third kappa shape index (κ3) is 2.53. The van der Waals surface area contributed by atoms with Gasteiger partial charge >= 0.3 is 0 Å². The molecule has 2 rings (SSSR count). The molecular weight excluding hydrogens is 338 g/mol. The number of anilines is 1. The highest BCUT2D eigenvalue weighted by atomic mass is 79.9. The predicted octanol–water partition coefficient (Wildman–Crippen LogP) is 3.99. The summed E-state index contributed by atoms with van der Waals surface area (Å²) in [6.45, 7) is 0. The van der Waals surface area contributed by atoms with Crippen molar-refractivity contribution in [3.8, 4) is 5.75 Å². The van der Waals surface area contributed by atoms with Crippen LogP contribution in [0.3, 0.4) is 0 Å². The van der Waals surface area contributed by atoms with E-state index in [2.05, 4.69) is 15.9 Å². The topological polar surface area (TPSA) is 52.3 Å². The Morgan fingerprint density at radius 1 is 1.44 bits per heavy atom. The van der Waals surface area contributed by atoms with Crippen LogP contribution in [0.25, 0.3) is 0 Å². The van der Waals surface area contributed by atoms with Crippen molar-refractivity contribution in [2.75, 3.05) is 12.8 Å². The maximum absolute atomic E-state index is 12.2. The van der Waals surface area contributed by atoms with Crippen LogP contribution in [0, 0.1) is 0 Å². The van der Waals surface area contributed by atoms with Gasteiger partial charge in [0.2, 0.25) is 5.78 Å². The third-order valence-electron chi connectivity index (χ3n) is 2.36. The molecule has 0 spiro atoms. The highest BCUT2D eigenvalue weighted by Gasteiger charge is 2.15. The molecule has 0 saturated heterocycles. The number of benzene rings is 1. The van der Waals surface area contributed by atoms with Crippen molar-refractivity contribution < 1.29 is 9.53 Å². The number of hydrogen-bond donors (Lipinski definition) is 1. The lowest BCUT2D eigenvalue weighted by Gasteiger charge is -2.05. The monoisotopic (exact) mass is 345 g/mol. The summed E-state index contributed by atoms with van der Waals surface area (Å²) in [5.41, 5.74) is 6.72. The van der Waals surface area contributed by atoms with Crippen LogP contribution in [0.2, 0.25) is 5.02 Å². The van der Waals surface area contributed by atoms with Crippen LogP contribution in [0.5, 0.6) is 5.75 Å². The van der Waals surface area contributed by atoms with Gasteiger partial charge in [-0.3, -0.25) is 4.79 Å². The lowest BCUT2D eigenvalue weighted by Crippen LogP contribution is -2.00. The van der Waals surface area contributed by atoms with Crippen LogP contribution in [0.4, 0.5) is 5.69 Å². The number of rotatable bonds is 3. The molecule has 1 aromatic carbocycles. The molecule has 0 unspecified atom stereocenters. The van der Waals surface area contributed by atoms with E-state index in [0.29, 0.717) is 26.9 Å². The van der Waals surface area contributed by atoms with Crippen LogP contribution in [0.15, 0.2) is 28.1 Å². The molecule has 0 aliphatic carbocycles. The number of carbonyl (C=O) groups excluding carboxylic acids is 1. The summed E-state index contributed by atoms with van der Waals surface area (Å²) < 4.78 is 5.84. The Morgan fingerprint density at radius 3 is 2.72 bits per heavy atom. The zero-order chi connectivity index (χ0) is 13.3. The average Bonchev–Trinajstić information content (AvgIpc) is 2.69. The van der Waals surface area contributed by atoms with Gasteiger partial charge in [-0.15, -0.1) is 11.3 Å². The van der Waals surface area contributed by atoms with Crippen LogP contribution in [-0.4, -0.2) is 12.9 Å². The summed E-state index contributed by atoms with van der Waals surface area (Å²) in [6.07, 6.45) is 0. The Kier molecular flexibility index (Phi) is 3.94. The molecule has 0 atom stereocenters. The fraction of sp³-hybridized carbons (Fsp3) is 0.0833. The van der Waals surface area contributed by atoms with Crippen LogP contribution in [-0.2, 0) is 0 Å². The maximum Gasteiger partial charge on any atom is 0.203 e. The molecule has 0 amide bonds. The fourth-order valence-electron chi connectivity index (χ4n) is 1.45. The first-order valence-corrected chi connectivity index (χ1v) is 6.94. The number of methoxy groups -OCH3 is 1. The van der Waals surface area contributed by atoms with E-state index >= 15 is 0 Å². The van der Waals surface area contributed by atoms with Gasteiger partial charge < -0.3 is 10.5 Å². The number of nitrogens with two attached hydrogens (primary N) is 1. The molecule has 2 aromatic rings. The SMILES string of the molecule is COc1cc(C(=O)c2cc(Cl)c(Br)s2)ccc1N. The van der Waals surface area contributed by atoms with E-state index in [9.17, 15) is 4.79 Å². The standard InChI is InChI=1S/C12H9BrClNO2S/c1-17-9-4-6(2-3-8(9)15)11(16)10-5-7(14)12(13)18-10/h2-5H,15H2,1H3. The Bertz CT molecular complexity index is 593. The van der Waals surface area contributed by atoms with E-state index < -0.39 is 0 Å². The molecule has 3 nitrogen and oxygen atoms in total. The van der Waals surface area contributed by atoms with Crippen LogP contribution >= 0.6 is 38.9 Å². The Labute approximate surface area is 122 Å². The summed E-state index contributed by atoms with van der Waals surface area (Å²) in [7, 11) is 1.51. The lowest BCUT2D eigenvalue weighted by atomic mass is 10.1. The number of carbonyl (C=O) groups is 1. The molecule has 0 aliphatic rings. The van der Waals surface area contributed by atoms with Gasteiger partial charge in [0.15, 0.2) is 0 Å². The van der Waals surface area contributed by atoms with Crippen molar-refractivity contribution in [2.45, 2.75) is 0 Å². The molecule has 0 radical (unpaired) electrons. The van der Waals surface area contributed by atoms with E-state index in [-0.39, 0.29) is 5.78 Å². The van der Waals surface area contributed by atoms with Crippen molar-refractivity contribution in [1.82, 2.24) is 0 Å². The minimum atomic E-state index is -0.106. The molecule has 2 N–H and O–H groups in total. The average molecular weight is 347 g/mol. The molecule has 18 heavy (non-hydrogen) atoms. The Balaban J connectivity index is 2.39. The molecular formula is C12H9BrClNO2S. The number of ketones is 1. The van der Waals surface area contributed by atoms with E-state index in [1.54, 1.807) is 24.3 Å². The van der Waals surface area contributed by atoms with E-state index in [1.165, 1.54) is 18.4 Å². The minimum Gasteiger partial charge on any atom is -0.495 e. The Hall–Kier alpha value is -1.04. The fourth-order valence-corrected chi connectivity index (χ4v) is 3.12. The predicted molar refractivity (Wildman–Crippen MR) is 77.9 cm³/mol. The van der Waals surface area contributed by atoms with Crippen LogP contribution in [0.1, 0.15) is 15.2 Å². The molecule has 0 fully saturated rings. The summed E-state index contributed by atoms with van der Waals surface area (Å²) in [4.78, 5) is 12.8. The van der Waals surface area contributed by atoms with Crippen molar-refractivity contribution >= 4 is 50.3 Å². The first kappa shape index (κ1) is 13.4. The number of hydrogen-bond acceptors (Lipinski definition) is 4. The van der Waals surface area contributed by atoms with Crippen molar-refractivity contribution in [3.63, 3.8) is 0 Å². The van der Waals surface area contributed by atoms with Gasteiger partial charge in [0.05, 0.1) is 26.5 Å². The van der Waals surface area contributed by atoms with Gasteiger partial charge in [0, 0.05) is 5.56 Å². The highest BCUT2D eigenvalue weighted by Crippen LogP contribution is 2.34. The van der Waals surface area contributed by atoms with Crippen LogP contribution < -0.4 is 10.5 Å². The lowest BCUT2D eigenvalue weighted by molar-refractivity contribution is 0.104. The normalized spacial score (nSPS) is 10.4. The van der Waals surface area contributed by atoms with E-state index in [4.69, 9.17) is 22.1 Å². The summed E-state index contributed by atoms with van der Waals surface area (Å²) in [5.74, 6) is 0.383. The number of nitrogen functional groups attached to an aromatic ring is 1. The smallest absolute Gasteiger partial charge is 0.203 e. The summed E-state index contributed by atoms with van der Waals surface area (Å²) in [6, 6.07) is 6.58. The molecule has 6 heteroatoms. The first-order valence-electron chi connectivity index (χ1n) is 4.96. The first-order chi connectivity index (χ1) is 8.52. The zero-order valence-electron chi connectivity index (χ0n) is 9.37. The largest absolute Gasteiger partial charge is 0.495 e. The number of ether oxygens (including phenoxy) is 1. The highest BCUT2D eigenvalue weighted by molar-refractivity contribution is 9.11.